The topological polar surface area (TPSA) is 105 Å². The summed E-state index contributed by atoms with van der Waals surface area (Å²) in [5.74, 6) is -0.236. The number of nitrogens with zero attached hydrogens (tertiary/aromatic N) is 1. The third kappa shape index (κ3) is 55.2. The van der Waals surface area contributed by atoms with Gasteiger partial charge in [0, 0.05) is 6.42 Å². The van der Waals surface area contributed by atoms with Gasteiger partial charge in [-0.05, 0) is 70.6 Å². The first-order chi connectivity index (χ1) is 35.0. The zero-order valence-corrected chi connectivity index (χ0v) is 48.3. The fourth-order valence-electron chi connectivity index (χ4n) is 8.21. The Labute approximate surface area is 445 Å². The van der Waals surface area contributed by atoms with Crippen LogP contribution < -0.4 is 5.32 Å². The van der Waals surface area contributed by atoms with Crippen molar-refractivity contribution in [2.45, 2.75) is 257 Å². The predicted octanol–water partition coefficient (Wildman–Crippen LogP) is 18.2. The smallest absolute Gasteiger partial charge is 0.387 e. The van der Waals surface area contributed by atoms with E-state index in [2.05, 4.69) is 104 Å². The minimum Gasteiger partial charge on any atom is -0.387 e. The van der Waals surface area contributed by atoms with Gasteiger partial charge in [-0.1, -0.05) is 265 Å². The Balaban J connectivity index is 4.31. The van der Waals surface area contributed by atoms with Crippen molar-refractivity contribution in [1.82, 2.24) is 5.32 Å². The standard InChI is InChI=1S/C63H113N2O6P/c1-6-8-10-12-14-16-18-20-22-24-26-28-30-31-32-33-35-36-38-40-42-44-46-48-50-52-54-56-62(66)61(60-71-72(68,69)70-59-58-65(3,4)5)64-63(67)57-55-53-51-49-47-45-43-41-39-37-34-29-27-25-23-21-19-17-15-13-11-9-7-2/h9,11,15,17,21,23,27,29,37,39,43,45,49,51,54,56,61-62,66H,6-8,10,12-14,16,18-20,22,24-26,28,30-36,38,40-42,44,46-48,50,52-53,55,57-60H2,1-5H3,(H-,64,67,68,69)/p+1/b11-9-,17-15-,23-21-,29-27-,39-37-,45-43-,51-49-,56-54+. The molecule has 0 heterocycles. The van der Waals surface area contributed by atoms with Gasteiger partial charge in [0.2, 0.25) is 5.91 Å². The van der Waals surface area contributed by atoms with Crippen molar-refractivity contribution >= 4 is 13.7 Å². The highest BCUT2D eigenvalue weighted by atomic mass is 31.2. The number of phosphoric ester groups is 1. The number of aliphatic hydroxyl groups is 1. The summed E-state index contributed by atoms with van der Waals surface area (Å²) in [6, 6.07) is -0.885. The molecule has 0 saturated carbocycles. The summed E-state index contributed by atoms with van der Waals surface area (Å²) in [6.45, 7) is 4.67. The van der Waals surface area contributed by atoms with Gasteiger partial charge in [0.25, 0.3) is 0 Å². The van der Waals surface area contributed by atoms with Crippen LogP contribution in [-0.4, -0.2) is 73.4 Å². The molecule has 0 aromatic rings. The maximum absolute atomic E-state index is 13.0. The van der Waals surface area contributed by atoms with E-state index < -0.39 is 20.0 Å². The van der Waals surface area contributed by atoms with Crippen LogP contribution in [0.25, 0.3) is 0 Å². The molecule has 3 atom stereocenters. The number of quaternary nitrogens is 1. The molecule has 0 bridgehead atoms. The van der Waals surface area contributed by atoms with Crippen molar-refractivity contribution < 1.29 is 32.9 Å². The molecule has 8 nitrogen and oxygen atoms in total. The number of nitrogens with one attached hydrogen (secondary N) is 1. The fraction of sp³-hybridized carbons (Fsp3) is 0.730. The van der Waals surface area contributed by atoms with Crippen LogP contribution >= 0.6 is 7.82 Å². The van der Waals surface area contributed by atoms with Crippen molar-refractivity contribution in [3.63, 3.8) is 0 Å². The van der Waals surface area contributed by atoms with E-state index in [4.69, 9.17) is 9.05 Å². The van der Waals surface area contributed by atoms with E-state index in [1.54, 1.807) is 6.08 Å². The van der Waals surface area contributed by atoms with Gasteiger partial charge < -0.3 is 19.8 Å². The maximum Gasteiger partial charge on any atom is 0.472 e. The molecule has 0 aliphatic heterocycles. The van der Waals surface area contributed by atoms with E-state index in [9.17, 15) is 19.4 Å². The van der Waals surface area contributed by atoms with E-state index in [1.165, 1.54) is 148 Å². The number of amides is 1. The van der Waals surface area contributed by atoms with Crippen molar-refractivity contribution in [2.24, 2.45) is 0 Å². The molecule has 1 amide bonds. The summed E-state index contributed by atoms with van der Waals surface area (Å²) < 4.78 is 23.7. The minimum atomic E-state index is -4.37. The minimum absolute atomic E-state index is 0.0456. The Hall–Kier alpha value is -2.58. The Morgan fingerprint density at radius 2 is 0.833 bits per heavy atom. The molecule has 0 radical (unpaired) electrons. The van der Waals surface area contributed by atoms with Crippen molar-refractivity contribution in [2.75, 3.05) is 40.9 Å². The van der Waals surface area contributed by atoms with Crippen molar-refractivity contribution in [3.8, 4) is 0 Å². The largest absolute Gasteiger partial charge is 0.472 e. The van der Waals surface area contributed by atoms with Crippen LogP contribution in [0.2, 0.25) is 0 Å². The lowest BCUT2D eigenvalue weighted by atomic mass is 10.0. The Morgan fingerprint density at radius 1 is 0.486 bits per heavy atom. The lowest BCUT2D eigenvalue weighted by molar-refractivity contribution is -0.870. The lowest BCUT2D eigenvalue weighted by Gasteiger charge is -2.25. The van der Waals surface area contributed by atoms with Crippen LogP contribution in [0, 0.1) is 0 Å². The van der Waals surface area contributed by atoms with Gasteiger partial charge in [0.1, 0.15) is 13.2 Å². The van der Waals surface area contributed by atoms with Crippen LogP contribution in [0.3, 0.4) is 0 Å². The number of rotatable bonds is 53. The highest BCUT2D eigenvalue weighted by Gasteiger charge is 2.27. The first-order valence-electron chi connectivity index (χ1n) is 29.6. The van der Waals surface area contributed by atoms with Crippen LogP contribution in [0.15, 0.2) is 97.2 Å². The number of hydrogen-bond acceptors (Lipinski definition) is 5. The Kier molecular flexibility index (Phi) is 51.3. The molecule has 0 spiro atoms. The highest BCUT2D eigenvalue weighted by molar-refractivity contribution is 7.47. The van der Waals surface area contributed by atoms with Gasteiger partial charge in [-0.3, -0.25) is 13.8 Å². The van der Waals surface area contributed by atoms with E-state index in [1.807, 2.05) is 27.2 Å². The molecule has 0 fully saturated rings. The predicted molar refractivity (Wildman–Crippen MR) is 313 cm³/mol. The maximum atomic E-state index is 13.0. The second kappa shape index (κ2) is 53.3. The van der Waals surface area contributed by atoms with E-state index >= 15 is 0 Å². The zero-order chi connectivity index (χ0) is 52.7. The molecule has 3 unspecified atom stereocenters. The fourth-order valence-corrected chi connectivity index (χ4v) is 8.94. The van der Waals surface area contributed by atoms with Crippen LogP contribution in [0.4, 0.5) is 0 Å². The van der Waals surface area contributed by atoms with Gasteiger partial charge in [-0.25, -0.2) is 4.57 Å². The summed E-state index contributed by atoms with van der Waals surface area (Å²) >= 11 is 0. The molecular formula is C63H114N2O6P+. The number of unbranched alkanes of at least 4 members (excludes halogenated alkanes) is 26. The number of carbonyl (C=O) groups is 1. The van der Waals surface area contributed by atoms with Gasteiger partial charge in [-0.15, -0.1) is 0 Å². The number of likely N-dealkylation sites (N-methyl/N-ethyl adjacent to an activating group) is 1. The summed E-state index contributed by atoms with van der Waals surface area (Å²) in [6.07, 6.45) is 76.7. The quantitative estimate of drug-likeness (QED) is 0.0243. The third-order valence-corrected chi connectivity index (χ3v) is 13.8. The van der Waals surface area contributed by atoms with Gasteiger partial charge in [-0.2, -0.15) is 0 Å². The molecule has 0 aromatic carbocycles. The number of aliphatic hydroxyl groups excluding tert-OH is 1. The molecule has 0 rings (SSSR count). The molecule has 0 saturated heterocycles. The van der Waals surface area contributed by atoms with Crippen LogP contribution in [0.1, 0.15) is 245 Å². The summed E-state index contributed by atoms with van der Waals surface area (Å²) in [7, 11) is 1.52. The van der Waals surface area contributed by atoms with Crippen molar-refractivity contribution in [1.29, 1.82) is 0 Å². The number of allylic oxidation sites excluding steroid dienone is 15. The second-order valence-corrected chi connectivity index (χ2v) is 22.4. The highest BCUT2D eigenvalue weighted by Crippen LogP contribution is 2.43. The van der Waals surface area contributed by atoms with E-state index in [-0.39, 0.29) is 25.5 Å². The number of hydrogen-bond donors (Lipinski definition) is 3. The average molecular weight is 1030 g/mol. The summed E-state index contributed by atoms with van der Waals surface area (Å²) in [5.41, 5.74) is 0. The monoisotopic (exact) mass is 1030 g/mol. The first-order valence-corrected chi connectivity index (χ1v) is 31.1. The third-order valence-electron chi connectivity index (χ3n) is 12.8. The zero-order valence-electron chi connectivity index (χ0n) is 47.4. The Bertz CT molecular complexity index is 1490. The number of carbonyl (C=O) groups excluding carboxylic acids is 1. The molecule has 0 aliphatic carbocycles. The van der Waals surface area contributed by atoms with E-state index in [0.29, 0.717) is 17.4 Å². The van der Waals surface area contributed by atoms with Gasteiger partial charge in [0.15, 0.2) is 0 Å². The lowest BCUT2D eigenvalue weighted by Crippen LogP contribution is -2.45. The molecule has 0 aliphatic rings. The summed E-state index contributed by atoms with van der Waals surface area (Å²) in [4.78, 5) is 23.3. The molecular weight excluding hydrogens is 912 g/mol. The second-order valence-electron chi connectivity index (χ2n) is 21.0. The van der Waals surface area contributed by atoms with Crippen LogP contribution in [0.5, 0.6) is 0 Å². The normalized spacial score (nSPS) is 14.6. The SMILES string of the molecule is CC/C=C\C/C=C\C/C=C\C/C=C\C/C=C\C/C=C\C/C=C\CCCC(=O)NC(COP(=O)(O)OCC[N+](C)(C)C)C(O)/C=C/CCCCCCCCCCCCCCCCCCCCCCCCCCC. The Morgan fingerprint density at radius 3 is 1.21 bits per heavy atom. The van der Waals surface area contributed by atoms with E-state index in [0.717, 1.165) is 70.6 Å². The molecule has 9 heteroatoms. The molecule has 72 heavy (non-hydrogen) atoms. The van der Waals surface area contributed by atoms with Crippen molar-refractivity contribution in [3.05, 3.63) is 97.2 Å². The number of phosphoric acid groups is 1. The van der Waals surface area contributed by atoms with Gasteiger partial charge in [0.05, 0.1) is 39.9 Å². The molecule has 3 N–H and O–H groups in total. The molecule has 0 aromatic heterocycles. The molecule has 416 valence electrons. The first kappa shape index (κ1) is 69.4. The average Bonchev–Trinajstić information content (AvgIpc) is 3.34. The van der Waals surface area contributed by atoms with Crippen LogP contribution in [-0.2, 0) is 18.4 Å². The summed E-state index contributed by atoms with van der Waals surface area (Å²) in [5, 5.41) is 13.9. The van der Waals surface area contributed by atoms with Gasteiger partial charge >= 0.3 is 7.82 Å².